The van der Waals surface area contributed by atoms with Crippen LogP contribution in [-0.4, -0.2) is 13.4 Å². The molecular formula is C8H8F5N3O2S. The normalized spacial score (nSPS) is 13.1. The quantitative estimate of drug-likeness (QED) is 0.818. The predicted molar refractivity (Wildman–Crippen MR) is 53.5 cm³/mol. The zero-order valence-corrected chi connectivity index (χ0v) is 9.89. The SMILES string of the molecule is NCc1nc(S(N)(=O)=O)c(C(F)F)cc1C(F)(F)F. The molecule has 0 saturated carbocycles. The standard InChI is InChI=1S/C8H8F5N3O2S/c9-6(10)3-1-4(8(11,12)13)5(2-14)16-7(3)19(15,17)18/h1,6H,2,14H2,(H2,15,17,18). The topological polar surface area (TPSA) is 99.1 Å². The Morgan fingerprint density at radius 2 is 1.84 bits per heavy atom. The first-order chi connectivity index (χ1) is 8.48. The van der Waals surface area contributed by atoms with Gasteiger partial charge in [-0.1, -0.05) is 0 Å². The molecule has 1 rings (SSSR count). The zero-order valence-electron chi connectivity index (χ0n) is 9.08. The van der Waals surface area contributed by atoms with Crippen LogP contribution in [-0.2, 0) is 22.7 Å². The van der Waals surface area contributed by atoms with Crippen LogP contribution in [0.15, 0.2) is 11.1 Å². The average molecular weight is 305 g/mol. The van der Waals surface area contributed by atoms with Gasteiger partial charge in [0, 0.05) is 6.54 Å². The molecule has 19 heavy (non-hydrogen) atoms. The fourth-order valence-corrected chi connectivity index (χ4v) is 2.05. The van der Waals surface area contributed by atoms with Crippen molar-refractivity contribution in [2.75, 3.05) is 0 Å². The number of alkyl halides is 5. The third-order valence-corrected chi connectivity index (χ3v) is 2.96. The van der Waals surface area contributed by atoms with Gasteiger partial charge in [0.15, 0.2) is 5.03 Å². The van der Waals surface area contributed by atoms with E-state index in [-0.39, 0.29) is 6.07 Å². The van der Waals surface area contributed by atoms with Crippen molar-refractivity contribution in [2.45, 2.75) is 24.2 Å². The lowest BCUT2D eigenvalue weighted by molar-refractivity contribution is -0.138. The third-order valence-electron chi connectivity index (χ3n) is 2.10. The van der Waals surface area contributed by atoms with E-state index >= 15 is 0 Å². The minimum atomic E-state index is -4.98. The predicted octanol–water partition coefficient (Wildman–Crippen LogP) is 1.14. The second kappa shape index (κ2) is 4.98. The van der Waals surface area contributed by atoms with Crippen LogP contribution in [0.5, 0.6) is 0 Å². The van der Waals surface area contributed by atoms with Gasteiger partial charge in [-0.2, -0.15) is 13.2 Å². The monoisotopic (exact) mass is 305 g/mol. The van der Waals surface area contributed by atoms with Crippen molar-refractivity contribution in [3.63, 3.8) is 0 Å². The van der Waals surface area contributed by atoms with Gasteiger partial charge in [0.2, 0.25) is 0 Å². The van der Waals surface area contributed by atoms with Crippen molar-refractivity contribution in [3.05, 3.63) is 22.9 Å². The number of hydrogen-bond acceptors (Lipinski definition) is 4. The first kappa shape index (κ1) is 15.7. The van der Waals surface area contributed by atoms with E-state index in [9.17, 15) is 30.4 Å². The van der Waals surface area contributed by atoms with Crippen molar-refractivity contribution >= 4 is 10.0 Å². The first-order valence-corrected chi connectivity index (χ1v) is 6.15. The molecule has 0 aliphatic carbocycles. The maximum Gasteiger partial charge on any atom is 0.418 e. The second-order valence-corrected chi connectivity index (χ2v) is 4.90. The molecule has 1 heterocycles. The molecule has 0 fully saturated rings. The number of nitrogens with two attached hydrogens (primary N) is 2. The number of nitrogens with zero attached hydrogens (tertiary/aromatic N) is 1. The number of primary sulfonamides is 1. The van der Waals surface area contributed by atoms with Gasteiger partial charge in [-0.3, -0.25) is 0 Å². The molecule has 0 spiro atoms. The highest BCUT2D eigenvalue weighted by molar-refractivity contribution is 7.89. The third kappa shape index (κ3) is 3.36. The summed E-state index contributed by atoms with van der Waals surface area (Å²) in [5.74, 6) is 0. The van der Waals surface area contributed by atoms with Gasteiger partial charge >= 0.3 is 6.18 Å². The molecule has 0 bridgehead atoms. The van der Waals surface area contributed by atoms with E-state index < -0.39 is 51.0 Å². The molecule has 0 amide bonds. The molecule has 1 aromatic rings. The Labute approximate surface area is 104 Å². The minimum Gasteiger partial charge on any atom is -0.325 e. The summed E-state index contributed by atoms with van der Waals surface area (Å²) < 4.78 is 85.1. The summed E-state index contributed by atoms with van der Waals surface area (Å²) in [4.78, 5) is 3.01. The van der Waals surface area contributed by atoms with Gasteiger partial charge < -0.3 is 5.73 Å². The summed E-state index contributed by atoms with van der Waals surface area (Å²) >= 11 is 0. The van der Waals surface area contributed by atoms with Crippen LogP contribution in [0.2, 0.25) is 0 Å². The van der Waals surface area contributed by atoms with Gasteiger partial charge in [-0.25, -0.2) is 27.3 Å². The van der Waals surface area contributed by atoms with Gasteiger partial charge in [0.05, 0.1) is 16.8 Å². The summed E-state index contributed by atoms with van der Waals surface area (Å²) in [7, 11) is -4.69. The molecule has 0 saturated heterocycles. The smallest absolute Gasteiger partial charge is 0.325 e. The highest BCUT2D eigenvalue weighted by Gasteiger charge is 2.37. The fraction of sp³-hybridized carbons (Fsp3) is 0.375. The number of pyridine rings is 1. The molecule has 0 radical (unpaired) electrons. The lowest BCUT2D eigenvalue weighted by Gasteiger charge is -2.15. The largest absolute Gasteiger partial charge is 0.418 e. The summed E-state index contributed by atoms with van der Waals surface area (Å²) in [6, 6.07) is -0.000394. The zero-order chi connectivity index (χ0) is 15.0. The summed E-state index contributed by atoms with van der Waals surface area (Å²) in [6.07, 6.45) is -8.46. The molecule has 0 unspecified atom stereocenters. The lowest BCUT2D eigenvalue weighted by Crippen LogP contribution is -2.22. The van der Waals surface area contributed by atoms with E-state index in [0.717, 1.165) is 0 Å². The molecule has 0 aromatic carbocycles. The molecule has 108 valence electrons. The summed E-state index contributed by atoms with van der Waals surface area (Å²) in [5, 5.41) is 3.32. The van der Waals surface area contributed by atoms with Crippen molar-refractivity contribution in [1.29, 1.82) is 0 Å². The lowest BCUT2D eigenvalue weighted by atomic mass is 10.1. The molecule has 1 aromatic heterocycles. The van der Waals surface area contributed by atoms with Crippen molar-refractivity contribution in [1.82, 2.24) is 4.98 Å². The van der Waals surface area contributed by atoms with Crippen LogP contribution in [0.1, 0.15) is 23.2 Å². The highest BCUT2D eigenvalue weighted by atomic mass is 32.2. The number of aromatic nitrogens is 1. The summed E-state index contributed by atoms with van der Waals surface area (Å²) in [5.41, 5.74) is 1.20. The highest BCUT2D eigenvalue weighted by Crippen LogP contribution is 2.35. The molecule has 11 heteroatoms. The Morgan fingerprint density at radius 1 is 1.32 bits per heavy atom. The van der Waals surface area contributed by atoms with E-state index in [2.05, 4.69) is 10.1 Å². The first-order valence-electron chi connectivity index (χ1n) is 4.60. The Kier molecular flexibility index (Phi) is 4.12. The molecule has 0 aliphatic heterocycles. The van der Waals surface area contributed by atoms with E-state index in [1.54, 1.807) is 0 Å². The van der Waals surface area contributed by atoms with Crippen LogP contribution in [0, 0.1) is 0 Å². The van der Waals surface area contributed by atoms with Crippen LogP contribution in [0.4, 0.5) is 22.0 Å². The number of halogens is 5. The Morgan fingerprint density at radius 3 is 2.16 bits per heavy atom. The van der Waals surface area contributed by atoms with E-state index in [0.29, 0.717) is 0 Å². The van der Waals surface area contributed by atoms with Crippen LogP contribution in [0.25, 0.3) is 0 Å². The molecular weight excluding hydrogens is 297 g/mol. The fourth-order valence-electron chi connectivity index (χ4n) is 1.33. The average Bonchev–Trinajstić information content (AvgIpc) is 2.24. The number of sulfonamides is 1. The second-order valence-electron chi connectivity index (χ2n) is 3.42. The van der Waals surface area contributed by atoms with E-state index in [4.69, 9.17) is 5.73 Å². The molecule has 0 aliphatic rings. The maximum atomic E-state index is 12.6. The Balaban J connectivity index is 3.71. The van der Waals surface area contributed by atoms with Crippen LogP contribution in [0.3, 0.4) is 0 Å². The minimum absolute atomic E-state index is 0.000394. The van der Waals surface area contributed by atoms with Gasteiger partial charge in [0.25, 0.3) is 16.4 Å². The van der Waals surface area contributed by atoms with Gasteiger partial charge in [-0.15, -0.1) is 0 Å². The van der Waals surface area contributed by atoms with Gasteiger partial charge in [-0.05, 0) is 6.07 Å². The number of hydrogen-bond donors (Lipinski definition) is 2. The van der Waals surface area contributed by atoms with E-state index in [1.165, 1.54) is 0 Å². The Hall–Kier alpha value is -1.33. The van der Waals surface area contributed by atoms with E-state index in [1.807, 2.05) is 0 Å². The molecule has 4 N–H and O–H groups in total. The van der Waals surface area contributed by atoms with Gasteiger partial charge in [0.1, 0.15) is 0 Å². The van der Waals surface area contributed by atoms with Crippen molar-refractivity contribution < 1.29 is 30.4 Å². The van der Waals surface area contributed by atoms with Crippen LogP contribution >= 0.6 is 0 Å². The van der Waals surface area contributed by atoms with Crippen LogP contribution < -0.4 is 10.9 Å². The van der Waals surface area contributed by atoms with Crippen molar-refractivity contribution in [2.24, 2.45) is 10.9 Å². The van der Waals surface area contributed by atoms with Crippen molar-refractivity contribution in [3.8, 4) is 0 Å². The molecule has 0 atom stereocenters. The maximum absolute atomic E-state index is 12.6. The summed E-state index contributed by atoms with van der Waals surface area (Å²) in [6.45, 7) is -0.777. The molecule has 5 nitrogen and oxygen atoms in total. The number of rotatable bonds is 3. The Bertz CT molecular complexity index is 585.